The molecular formula is C17H29FN4O2S. The predicted molar refractivity (Wildman–Crippen MR) is 102 cm³/mol. The Kier molecular flexibility index (Phi) is 8.68. The van der Waals surface area contributed by atoms with Crippen LogP contribution in [0.5, 0.6) is 0 Å². The van der Waals surface area contributed by atoms with Gasteiger partial charge in [0.15, 0.2) is 5.96 Å². The van der Waals surface area contributed by atoms with Crippen molar-refractivity contribution < 1.29 is 12.8 Å². The minimum Gasteiger partial charge on any atom is -0.357 e. The summed E-state index contributed by atoms with van der Waals surface area (Å²) in [4.78, 5) is 6.35. The number of aliphatic imine (C=N–C) groups is 1. The van der Waals surface area contributed by atoms with E-state index in [1.54, 1.807) is 13.0 Å². The molecule has 0 aromatic heterocycles. The van der Waals surface area contributed by atoms with Crippen LogP contribution in [-0.2, 0) is 10.0 Å². The molecule has 0 bridgehead atoms. The largest absolute Gasteiger partial charge is 0.357 e. The molecule has 0 aliphatic heterocycles. The van der Waals surface area contributed by atoms with Crippen molar-refractivity contribution >= 4 is 21.7 Å². The van der Waals surface area contributed by atoms with Crippen LogP contribution in [0.4, 0.5) is 10.1 Å². The Labute approximate surface area is 150 Å². The molecule has 25 heavy (non-hydrogen) atoms. The molecule has 0 aliphatic rings. The summed E-state index contributed by atoms with van der Waals surface area (Å²) in [5, 5.41) is 3.15. The molecule has 0 aliphatic carbocycles. The smallest absolute Gasteiger partial charge is 0.234 e. The van der Waals surface area contributed by atoms with Crippen molar-refractivity contribution in [3.05, 3.63) is 29.6 Å². The van der Waals surface area contributed by atoms with Crippen LogP contribution >= 0.6 is 0 Å². The predicted octanol–water partition coefficient (Wildman–Crippen LogP) is 2.57. The maximum atomic E-state index is 13.5. The number of hydrogen-bond acceptors (Lipinski definition) is 3. The summed E-state index contributed by atoms with van der Waals surface area (Å²) in [7, 11) is -1.66. The molecule has 0 saturated heterocycles. The van der Waals surface area contributed by atoms with Crippen molar-refractivity contribution in [1.29, 1.82) is 0 Å². The zero-order valence-corrected chi connectivity index (χ0v) is 16.3. The number of sulfonamides is 1. The lowest BCUT2D eigenvalue weighted by atomic mass is 10.2. The zero-order chi connectivity index (χ0) is 18.9. The third-order valence-electron chi connectivity index (χ3n) is 3.61. The number of benzene rings is 1. The summed E-state index contributed by atoms with van der Waals surface area (Å²) in [6, 6.07) is 4.26. The van der Waals surface area contributed by atoms with Crippen LogP contribution in [0.15, 0.2) is 23.2 Å². The Morgan fingerprint density at radius 2 is 2.04 bits per heavy atom. The zero-order valence-electron chi connectivity index (χ0n) is 15.5. The molecule has 0 radical (unpaired) electrons. The van der Waals surface area contributed by atoms with Crippen molar-refractivity contribution in [2.24, 2.45) is 4.99 Å². The Morgan fingerprint density at radius 1 is 1.32 bits per heavy atom. The molecule has 0 saturated carbocycles. The standard InChI is InChI=1S/C17H29FN4O2S/c1-5-7-11-22(4)17(19-6-2)20-10-12-25(23,24)21-15-9-8-14(3)16(18)13-15/h8-9,13,21H,5-7,10-12H2,1-4H3,(H,19,20). The number of hydrogen-bond donors (Lipinski definition) is 2. The number of guanidine groups is 1. The highest BCUT2D eigenvalue weighted by atomic mass is 32.2. The van der Waals surface area contributed by atoms with Gasteiger partial charge in [0, 0.05) is 20.1 Å². The van der Waals surface area contributed by atoms with E-state index in [0.717, 1.165) is 19.4 Å². The molecule has 0 atom stereocenters. The third-order valence-corrected chi connectivity index (χ3v) is 4.88. The van der Waals surface area contributed by atoms with Crippen molar-refractivity contribution in [2.75, 3.05) is 37.2 Å². The molecule has 1 rings (SSSR count). The van der Waals surface area contributed by atoms with Crippen molar-refractivity contribution in [3.8, 4) is 0 Å². The number of nitrogens with one attached hydrogen (secondary N) is 2. The van der Waals surface area contributed by atoms with Gasteiger partial charge >= 0.3 is 0 Å². The van der Waals surface area contributed by atoms with Crippen LogP contribution in [0.25, 0.3) is 0 Å². The van der Waals surface area contributed by atoms with Crippen LogP contribution in [0.1, 0.15) is 32.3 Å². The first-order chi connectivity index (χ1) is 11.8. The number of halogens is 1. The van der Waals surface area contributed by atoms with Crippen molar-refractivity contribution in [1.82, 2.24) is 10.2 Å². The Morgan fingerprint density at radius 3 is 2.64 bits per heavy atom. The average Bonchev–Trinajstić information content (AvgIpc) is 2.54. The lowest BCUT2D eigenvalue weighted by molar-refractivity contribution is 0.465. The molecule has 8 heteroatoms. The van der Waals surface area contributed by atoms with Crippen molar-refractivity contribution in [3.63, 3.8) is 0 Å². The summed E-state index contributed by atoms with van der Waals surface area (Å²) >= 11 is 0. The first-order valence-electron chi connectivity index (χ1n) is 8.55. The molecule has 0 heterocycles. The maximum Gasteiger partial charge on any atom is 0.234 e. The number of nitrogens with zero attached hydrogens (tertiary/aromatic N) is 2. The van der Waals surface area contributed by atoms with Gasteiger partial charge in [0.2, 0.25) is 10.0 Å². The van der Waals surface area contributed by atoms with E-state index in [2.05, 4.69) is 22.0 Å². The van der Waals surface area contributed by atoms with E-state index in [9.17, 15) is 12.8 Å². The van der Waals surface area contributed by atoms with Gasteiger partial charge in [0.25, 0.3) is 0 Å². The monoisotopic (exact) mass is 372 g/mol. The van der Waals surface area contributed by atoms with E-state index < -0.39 is 15.8 Å². The quantitative estimate of drug-likeness (QED) is 0.516. The fourth-order valence-electron chi connectivity index (χ4n) is 2.13. The van der Waals surface area contributed by atoms with Crippen molar-refractivity contribution in [2.45, 2.75) is 33.6 Å². The minimum atomic E-state index is -3.59. The van der Waals surface area contributed by atoms with E-state index in [1.165, 1.54) is 12.1 Å². The SMILES string of the molecule is CCCCN(C)C(=NCCS(=O)(=O)Nc1ccc(C)c(F)c1)NCC. The van der Waals surface area contributed by atoms with Gasteiger partial charge in [-0.3, -0.25) is 9.71 Å². The first kappa shape index (κ1) is 21.2. The van der Waals surface area contributed by atoms with Crippen LogP contribution in [-0.4, -0.2) is 51.7 Å². The van der Waals surface area contributed by atoms with E-state index in [-0.39, 0.29) is 18.0 Å². The van der Waals surface area contributed by atoms with Crippen LogP contribution < -0.4 is 10.0 Å². The molecule has 0 spiro atoms. The Bertz CT molecular complexity index is 677. The molecule has 2 N–H and O–H groups in total. The lowest BCUT2D eigenvalue weighted by Gasteiger charge is -2.21. The second-order valence-corrected chi connectivity index (χ2v) is 7.74. The summed E-state index contributed by atoms with van der Waals surface area (Å²) in [5.74, 6) is 0.0802. The fraction of sp³-hybridized carbons (Fsp3) is 0.588. The number of anilines is 1. The molecule has 1 aromatic rings. The molecule has 1 aromatic carbocycles. The van der Waals surface area contributed by atoms with Gasteiger partial charge in [0.05, 0.1) is 18.0 Å². The lowest BCUT2D eigenvalue weighted by Crippen LogP contribution is -2.39. The normalized spacial score (nSPS) is 12.1. The van der Waals surface area contributed by atoms with Gasteiger partial charge in [-0.05, 0) is 38.0 Å². The summed E-state index contributed by atoms with van der Waals surface area (Å²) < 4.78 is 40.2. The second-order valence-electron chi connectivity index (χ2n) is 5.90. The van der Waals surface area contributed by atoms with E-state index in [4.69, 9.17) is 0 Å². The van der Waals surface area contributed by atoms with E-state index in [1.807, 2.05) is 18.9 Å². The third kappa shape index (κ3) is 7.72. The molecule has 0 fully saturated rings. The second kappa shape index (κ2) is 10.2. The highest BCUT2D eigenvalue weighted by Crippen LogP contribution is 2.15. The Balaban J connectivity index is 2.67. The van der Waals surface area contributed by atoms with E-state index >= 15 is 0 Å². The number of rotatable bonds is 9. The minimum absolute atomic E-state index is 0.127. The Hall–Kier alpha value is -1.83. The topological polar surface area (TPSA) is 73.8 Å². The van der Waals surface area contributed by atoms with Crippen LogP contribution in [0.3, 0.4) is 0 Å². The molecule has 0 amide bonds. The van der Waals surface area contributed by atoms with Crippen LogP contribution in [0, 0.1) is 12.7 Å². The van der Waals surface area contributed by atoms with Gasteiger partial charge < -0.3 is 10.2 Å². The number of unbranched alkanes of at least 4 members (excludes halogenated alkanes) is 1. The summed E-state index contributed by atoms with van der Waals surface area (Å²) in [6.07, 6.45) is 2.12. The highest BCUT2D eigenvalue weighted by molar-refractivity contribution is 7.92. The first-order valence-corrected chi connectivity index (χ1v) is 10.2. The summed E-state index contributed by atoms with van der Waals surface area (Å²) in [6.45, 7) is 7.40. The molecule has 6 nitrogen and oxygen atoms in total. The van der Waals surface area contributed by atoms with Gasteiger partial charge in [-0.15, -0.1) is 0 Å². The molecule has 142 valence electrons. The van der Waals surface area contributed by atoms with E-state index in [0.29, 0.717) is 18.1 Å². The fourth-order valence-corrected chi connectivity index (χ4v) is 3.05. The molecule has 0 unspecified atom stereocenters. The van der Waals surface area contributed by atoms with Gasteiger partial charge in [0.1, 0.15) is 5.82 Å². The van der Waals surface area contributed by atoms with Gasteiger partial charge in [-0.1, -0.05) is 19.4 Å². The van der Waals surface area contributed by atoms with Crippen LogP contribution in [0.2, 0.25) is 0 Å². The van der Waals surface area contributed by atoms with Gasteiger partial charge in [-0.2, -0.15) is 0 Å². The molecular weight excluding hydrogens is 343 g/mol. The highest BCUT2D eigenvalue weighted by Gasteiger charge is 2.12. The van der Waals surface area contributed by atoms with Gasteiger partial charge in [-0.25, -0.2) is 12.8 Å². The average molecular weight is 373 g/mol. The maximum absolute atomic E-state index is 13.5. The number of aryl methyl sites for hydroxylation is 1. The summed E-state index contributed by atoms with van der Waals surface area (Å²) in [5.41, 5.74) is 0.692.